The third kappa shape index (κ3) is 2.86. The Bertz CT molecular complexity index is 496. The molecule has 1 aromatic heterocycles. The van der Waals surface area contributed by atoms with Gasteiger partial charge in [0.1, 0.15) is 0 Å². The Labute approximate surface area is 115 Å². The van der Waals surface area contributed by atoms with Crippen LogP contribution in [0.25, 0.3) is 0 Å². The molecule has 1 aliphatic rings. The topological polar surface area (TPSA) is 42.0 Å². The van der Waals surface area contributed by atoms with E-state index in [4.69, 9.17) is 0 Å². The summed E-state index contributed by atoms with van der Waals surface area (Å²) in [6.45, 7) is 10.1. The van der Waals surface area contributed by atoms with Gasteiger partial charge in [-0.3, -0.25) is 9.78 Å². The number of piperidine rings is 1. The first-order valence-corrected chi connectivity index (χ1v) is 6.98. The van der Waals surface area contributed by atoms with E-state index in [1.54, 1.807) is 0 Å². The van der Waals surface area contributed by atoms with E-state index in [1.165, 1.54) is 11.1 Å². The summed E-state index contributed by atoms with van der Waals surface area (Å²) in [6, 6.07) is 2.08. The highest BCUT2D eigenvalue weighted by Gasteiger charge is 2.27. The van der Waals surface area contributed by atoms with Crippen molar-refractivity contribution in [1.82, 2.24) is 10.3 Å². The maximum absolute atomic E-state index is 12.0. The Morgan fingerprint density at radius 3 is 2.79 bits per heavy atom. The van der Waals surface area contributed by atoms with Crippen molar-refractivity contribution in [2.24, 2.45) is 0 Å². The summed E-state index contributed by atoms with van der Waals surface area (Å²) in [4.78, 5) is 16.7. The van der Waals surface area contributed by atoms with Crippen molar-refractivity contribution < 1.29 is 4.79 Å². The summed E-state index contributed by atoms with van der Waals surface area (Å²) in [7, 11) is 0. The van der Waals surface area contributed by atoms with E-state index in [0.29, 0.717) is 0 Å². The van der Waals surface area contributed by atoms with Crippen LogP contribution in [0.1, 0.15) is 54.6 Å². The molecule has 0 bridgehead atoms. The molecule has 2 heterocycles. The van der Waals surface area contributed by atoms with Gasteiger partial charge in [-0.1, -0.05) is 19.9 Å². The number of nitrogens with zero attached hydrogens (tertiary/aromatic N) is 1. The van der Waals surface area contributed by atoms with E-state index in [0.717, 1.165) is 42.8 Å². The first-order chi connectivity index (χ1) is 9.02. The summed E-state index contributed by atoms with van der Waals surface area (Å²) < 4.78 is 0. The monoisotopic (exact) mass is 258 g/mol. The predicted octanol–water partition coefficient (Wildman–Crippen LogP) is 3.16. The van der Waals surface area contributed by atoms with Crippen LogP contribution in [-0.2, 0) is 11.2 Å². The molecule has 0 saturated carbocycles. The lowest BCUT2D eigenvalue weighted by atomic mass is 9.91. The lowest BCUT2D eigenvalue weighted by Crippen LogP contribution is -2.33. The van der Waals surface area contributed by atoms with Crippen LogP contribution in [0.2, 0.25) is 0 Å². The summed E-state index contributed by atoms with van der Waals surface area (Å²) >= 11 is 0. The summed E-state index contributed by atoms with van der Waals surface area (Å²) in [5.41, 5.74) is 5.36. The fraction of sp³-hybridized carbons (Fsp3) is 0.500. The molecule has 0 radical (unpaired) electrons. The SMILES string of the molecule is C=C1CCC(c2cc(C)c(CCC)c(C)n2)C(=O)N1. The number of pyridine rings is 1. The van der Waals surface area contributed by atoms with E-state index in [-0.39, 0.29) is 11.8 Å². The molecule has 2 rings (SSSR count). The normalized spacial score (nSPS) is 19.4. The first-order valence-electron chi connectivity index (χ1n) is 6.98. The molecule has 1 aromatic rings. The fourth-order valence-corrected chi connectivity index (χ4v) is 2.75. The van der Waals surface area contributed by atoms with E-state index in [1.807, 2.05) is 6.92 Å². The number of amides is 1. The summed E-state index contributed by atoms with van der Waals surface area (Å²) in [5.74, 6) is -0.0932. The molecule has 3 nitrogen and oxygen atoms in total. The lowest BCUT2D eigenvalue weighted by molar-refractivity contribution is -0.122. The van der Waals surface area contributed by atoms with Crippen LogP contribution in [0, 0.1) is 13.8 Å². The number of carbonyl (C=O) groups excluding carboxylic acids is 1. The maximum atomic E-state index is 12.0. The predicted molar refractivity (Wildman–Crippen MR) is 77.0 cm³/mol. The van der Waals surface area contributed by atoms with Crippen LogP contribution in [0.15, 0.2) is 18.3 Å². The van der Waals surface area contributed by atoms with Gasteiger partial charge in [0, 0.05) is 11.4 Å². The molecule has 0 spiro atoms. The molecule has 1 N–H and O–H groups in total. The molecule has 1 fully saturated rings. The largest absolute Gasteiger partial charge is 0.330 e. The van der Waals surface area contributed by atoms with Crippen molar-refractivity contribution in [2.45, 2.75) is 52.4 Å². The van der Waals surface area contributed by atoms with Gasteiger partial charge in [-0.15, -0.1) is 0 Å². The van der Waals surface area contributed by atoms with Gasteiger partial charge in [-0.25, -0.2) is 0 Å². The Kier molecular flexibility index (Phi) is 4.03. The molecular formula is C16H22N2O. The van der Waals surface area contributed by atoms with Gasteiger partial charge < -0.3 is 5.32 Å². The van der Waals surface area contributed by atoms with E-state index < -0.39 is 0 Å². The number of carbonyl (C=O) groups is 1. The zero-order chi connectivity index (χ0) is 14.0. The zero-order valence-corrected chi connectivity index (χ0v) is 12.0. The number of hydrogen-bond acceptors (Lipinski definition) is 2. The Morgan fingerprint density at radius 1 is 1.47 bits per heavy atom. The van der Waals surface area contributed by atoms with Crippen LogP contribution < -0.4 is 5.32 Å². The zero-order valence-electron chi connectivity index (χ0n) is 12.0. The number of aryl methyl sites for hydroxylation is 2. The van der Waals surface area contributed by atoms with Gasteiger partial charge in [0.25, 0.3) is 0 Å². The Morgan fingerprint density at radius 2 is 2.21 bits per heavy atom. The Balaban J connectivity index is 2.31. The van der Waals surface area contributed by atoms with Crippen molar-refractivity contribution >= 4 is 5.91 Å². The van der Waals surface area contributed by atoms with Crippen LogP contribution in [-0.4, -0.2) is 10.9 Å². The third-order valence-electron chi connectivity index (χ3n) is 3.78. The minimum absolute atomic E-state index is 0.0331. The number of allylic oxidation sites excluding steroid dienone is 1. The quantitative estimate of drug-likeness (QED) is 0.905. The molecule has 0 aliphatic carbocycles. The van der Waals surface area contributed by atoms with Crippen LogP contribution in [0.4, 0.5) is 0 Å². The molecule has 1 saturated heterocycles. The molecule has 102 valence electrons. The van der Waals surface area contributed by atoms with E-state index in [2.05, 4.69) is 36.8 Å². The number of rotatable bonds is 3. The van der Waals surface area contributed by atoms with Gasteiger partial charge in [0.2, 0.25) is 5.91 Å². The van der Waals surface area contributed by atoms with E-state index in [9.17, 15) is 4.79 Å². The highest BCUT2D eigenvalue weighted by molar-refractivity contribution is 5.85. The lowest BCUT2D eigenvalue weighted by Gasteiger charge is -2.24. The van der Waals surface area contributed by atoms with Crippen LogP contribution in [0.3, 0.4) is 0 Å². The first kappa shape index (κ1) is 13.8. The minimum Gasteiger partial charge on any atom is -0.330 e. The second-order valence-corrected chi connectivity index (χ2v) is 5.36. The Hall–Kier alpha value is -1.64. The maximum Gasteiger partial charge on any atom is 0.233 e. The summed E-state index contributed by atoms with van der Waals surface area (Å²) in [6.07, 6.45) is 3.82. The van der Waals surface area contributed by atoms with E-state index >= 15 is 0 Å². The second kappa shape index (κ2) is 5.55. The smallest absolute Gasteiger partial charge is 0.233 e. The molecule has 3 heteroatoms. The van der Waals surface area contributed by atoms with Crippen molar-refractivity contribution in [3.63, 3.8) is 0 Å². The molecule has 1 aliphatic heterocycles. The van der Waals surface area contributed by atoms with Gasteiger partial charge in [-0.05, 0) is 50.3 Å². The second-order valence-electron chi connectivity index (χ2n) is 5.36. The minimum atomic E-state index is -0.126. The van der Waals surface area contributed by atoms with Gasteiger partial charge in [0.15, 0.2) is 0 Å². The van der Waals surface area contributed by atoms with Gasteiger partial charge in [0.05, 0.1) is 11.6 Å². The average molecular weight is 258 g/mol. The van der Waals surface area contributed by atoms with Crippen LogP contribution in [0.5, 0.6) is 0 Å². The number of nitrogens with one attached hydrogen (secondary N) is 1. The molecule has 1 atom stereocenters. The molecule has 1 unspecified atom stereocenters. The van der Waals surface area contributed by atoms with Crippen molar-refractivity contribution in [1.29, 1.82) is 0 Å². The van der Waals surface area contributed by atoms with Crippen molar-refractivity contribution in [3.05, 3.63) is 40.9 Å². The highest BCUT2D eigenvalue weighted by atomic mass is 16.2. The summed E-state index contributed by atoms with van der Waals surface area (Å²) in [5, 5.41) is 2.83. The third-order valence-corrected chi connectivity index (χ3v) is 3.78. The van der Waals surface area contributed by atoms with Crippen molar-refractivity contribution in [3.8, 4) is 0 Å². The fourth-order valence-electron chi connectivity index (χ4n) is 2.75. The van der Waals surface area contributed by atoms with Gasteiger partial charge >= 0.3 is 0 Å². The number of hydrogen-bond donors (Lipinski definition) is 1. The van der Waals surface area contributed by atoms with Crippen molar-refractivity contribution in [2.75, 3.05) is 0 Å². The average Bonchev–Trinajstić information content (AvgIpc) is 2.33. The molecule has 0 aromatic carbocycles. The van der Waals surface area contributed by atoms with Crippen LogP contribution >= 0.6 is 0 Å². The molecule has 1 amide bonds. The number of aromatic nitrogens is 1. The van der Waals surface area contributed by atoms with Gasteiger partial charge in [-0.2, -0.15) is 0 Å². The molecular weight excluding hydrogens is 236 g/mol. The molecule has 19 heavy (non-hydrogen) atoms. The highest BCUT2D eigenvalue weighted by Crippen LogP contribution is 2.28. The standard InChI is InChI=1S/C16H22N2O/c1-5-6-13-10(2)9-15(18-12(13)4)14-8-7-11(3)17-16(14)19/h9,14H,3,5-8H2,1-2,4H3,(H,17,19).